The van der Waals surface area contributed by atoms with Gasteiger partial charge in [-0.3, -0.25) is 0 Å². The van der Waals surface area contributed by atoms with Gasteiger partial charge in [0, 0.05) is 26.5 Å². The number of nitrogens with zero attached hydrogens (tertiary/aromatic N) is 1. The molecular weight excluding hydrogens is 243 g/mol. The van der Waals surface area contributed by atoms with Crippen molar-refractivity contribution in [3.63, 3.8) is 0 Å². The minimum Gasteiger partial charge on any atom is -0.385 e. The van der Waals surface area contributed by atoms with Gasteiger partial charge in [-0.25, -0.2) is 9.37 Å². The normalized spacial score (nSPS) is 16.9. The van der Waals surface area contributed by atoms with Crippen LogP contribution in [-0.4, -0.2) is 25.2 Å². The molecule has 17 heavy (non-hydrogen) atoms. The molecule has 0 spiro atoms. The van der Waals surface area contributed by atoms with Crippen molar-refractivity contribution in [1.29, 1.82) is 0 Å². The summed E-state index contributed by atoms with van der Waals surface area (Å²) < 4.78 is 18.5. The molecule has 94 valence electrons. The lowest BCUT2D eigenvalue weighted by atomic mass is 10.0. The highest BCUT2D eigenvalue weighted by Gasteiger charge is 2.41. The highest BCUT2D eigenvalue weighted by molar-refractivity contribution is 6.30. The van der Waals surface area contributed by atoms with Crippen molar-refractivity contribution in [2.45, 2.75) is 19.3 Å². The molecule has 0 aromatic carbocycles. The van der Waals surface area contributed by atoms with Crippen molar-refractivity contribution >= 4 is 17.4 Å². The molecule has 5 heteroatoms. The predicted molar refractivity (Wildman–Crippen MR) is 65.9 cm³/mol. The van der Waals surface area contributed by atoms with E-state index in [0.29, 0.717) is 5.02 Å². The quantitative estimate of drug-likeness (QED) is 0.851. The molecule has 1 heterocycles. The van der Waals surface area contributed by atoms with Gasteiger partial charge in [0.15, 0.2) is 11.6 Å². The first-order valence-electron chi connectivity index (χ1n) is 5.69. The van der Waals surface area contributed by atoms with Crippen LogP contribution in [0.2, 0.25) is 5.02 Å². The predicted octanol–water partition coefficient (Wildman–Crippen LogP) is 3.10. The smallest absolute Gasteiger partial charge is 0.166 e. The molecule has 1 aromatic rings. The van der Waals surface area contributed by atoms with E-state index in [1.54, 1.807) is 7.11 Å². The average Bonchev–Trinajstić information content (AvgIpc) is 3.06. The molecule has 1 N–H and O–H groups in total. The number of nitrogens with one attached hydrogen (secondary N) is 1. The van der Waals surface area contributed by atoms with Gasteiger partial charge in [-0.1, -0.05) is 11.6 Å². The average molecular weight is 259 g/mol. The fourth-order valence-electron chi connectivity index (χ4n) is 1.83. The van der Waals surface area contributed by atoms with E-state index in [9.17, 15) is 4.39 Å². The third-order valence-corrected chi connectivity index (χ3v) is 3.44. The molecule has 0 amide bonds. The van der Waals surface area contributed by atoms with Gasteiger partial charge in [0.2, 0.25) is 0 Å². The molecule has 0 aliphatic heterocycles. The zero-order valence-corrected chi connectivity index (χ0v) is 10.6. The SMILES string of the molecule is COCCC1(CNc2ncc(Cl)cc2F)CC1. The van der Waals surface area contributed by atoms with E-state index in [0.717, 1.165) is 19.6 Å². The summed E-state index contributed by atoms with van der Waals surface area (Å²) in [5.74, 6) is -0.127. The Morgan fingerprint density at radius 3 is 2.94 bits per heavy atom. The Bertz CT molecular complexity index is 396. The summed E-state index contributed by atoms with van der Waals surface area (Å²) >= 11 is 5.64. The van der Waals surface area contributed by atoms with Crippen LogP contribution < -0.4 is 5.32 Å². The minimum absolute atomic E-state index is 0.268. The highest BCUT2D eigenvalue weighted by Crippen LogP contribution is 2.48. The Kier molecular flexibility index (Phi) is 3.84. The molecule has 1 saturated carbocycles. The number of ether oxygens (including phenoxy) is 1. The van der Waals surface area contributed by atoms with Crippen LogP contribution in [0, 0.1) is 11.2 Å². The van der Waals surface area contributed by atoms with Gasteiger partial charge in [0.1, 0.15) is 0 Å². The number of hydrogen-bond donors (Lipinski definition) is 1. The fourth-order valence-corrected chi connectivity index (χ4v) is 1.97. The second-order valence-electron chi connectivity index (χ2n) is 4.58. The molecule has 2 rings (SSSR count). The largest absolute Gasteiger partial charge is 0.385 e. The standard InChI is InChI=1S/C12H16ClFN2O/c1-17-5-4-12(2-3-12)8-16-11-10(14)6-9(13)7-15-11/h6-7H,2-5,8H2,1H3,(H,15,16). The van der Waals surface area contributed by atoms with E-state index in [2.05, 4.69) is 10.3 Å². The topological polar surface area (TPSA) is 34.1 Å². The van der Waals surface area contributed by atoms with Crippen LogP contribution in [0.3, 0.4) is 0 Å². The molecule has 3 nitrogen and oxygen atoms in total. The van der Waals surface area contributed by atoms with E-state index in [1.807, 2.05) is 0 Å². The molecule has 1 aliphatic rings. The minimum atomic E-state index is -0.403. The maximum absolute atomic E-state index is 13.5. The Labute approximate surface area is 105 Å². The highest BCUT2D eigenvalue weighted by atomic mass is 35.5. The molecule has 1 aromatic heterocycles. The first-order valence-corrected chi connectivity index (χ1v) is 6.07. The zero-order valence-electron chi connectivity index (χ0n) is 9.80. The molecule has 0 unspecified atom stereocenters. The van der Waals surface area contributed by atoms with Gasteiger partial charge in [-0.2, -0.15) is 0 Å². The molecule has 1 fully saturated rings. The van der Waals surface area contributed by atoms with Gasteiger partial charge in [-0.05, 0) is 30.7 Å². The second-order valence-corrected chi connectivity index (χ2v) is 5.02. The van der Waals surface area contributed by atoms with E-state index in [4.69, 9.17) is 16.3 Å². The van der Waals surface area contributed by atoms with Gasteiger partial charge in [0.05, 0.1) is 5.02 Å². The molecule has 0 radical (unpaired) electrons. The maximum atomic E-state index is 13.5. The van der Waals surface area contributed by atoms with E-state index >= 15 is 0 Å². The first kappa shape index (κ1) is 12.6. The number of anilines is 1. The number of aromatic nitrogens is 1. The summed E-state index contributed by atoms with van der Waals surface area (Å²) in [6.07, 6.45) is 4.78. The van der Waals surface area contributed by atoms with E-state index in [-0.39, 0.29) is 11.2 Å². The molecule has 0 bridgehead atoms. The van der Waals surface area contributed by atoms with Crippen molar-refractivity contribution in [3.8, 4) is 0 Å². The van der Waals surface area contributed by atoms with Crippen molar-refractivity contribution in [3.05, 3.63) is 23.1 Å². The van der Waals surface area contributed by atoms with Crippen molar-refractivity contribution in [2.24, 2.45) is 5.41 Å². The molecule has 0 saturated heterocycles. The third-order valence-electron chi connectivity index (χ3n) is 3.23. The number of rotatable bonds is 6. The summed E-state index contributed by atoms with van der Waals surface area (Å²) in [6.45, 7) is 1.49. The van der Waals surface area contributed by atoms with Crippen molar-refractivity contribution in [1.82, 2.24) is 4.98 Å². The van der Waals surface area contributed by atoms with Gasteiger partial charge < -0.3 is 10.1 Å². The van der Waals surface area contributed by atoms with Crippen LogP contribution in [0.15, 0.2) is 12.3 Å². The summed E-state index contributed by atoms with van der Waals surface area (Å²) in [4.78, 5) is 3.94. The summed E-state index contributed by atoms with van der Waals surface area (Å²) in [5, 5.41) is 3.37. The van der Waals surface area contributed by atoms with Crippen LogP contribution in [0.1, 0.15) is 19.3 Å². The Morgan fingerprint density at radius 2 is 2.35 bits per heavy atom. The van der Waals surface area contributed by atoms with Gasteiger partial charge in [-0.15, -0.1) is 0 Å². The second kappa shape index (κ2) is 5.19. The van der Waals surface area contributed by atoms with Gasteiger partial charge in [0.25, 0.3) is 0 Å². The monoisotopic (exact) mass is 258 g/mol. The number of methoxy groups -OCH3 is 1. The number of hydrogen-bond acceptors (Lipinski definition) is 3. The first-order chi connectivity index (χ1) is 8.15. The van der Waals surface area contributed by atoms with Crippen molar-refractivity contribution < 1.29 is 9.13 Å². The summed E-state index contributed by atoms with van der Waals surface area (Å²) in [7, 11) is 1.70. The Morgan fingerprint density at radius 1 is 1.59 bits per heavy atom. The van der Waals surface area contributed by atoms with Crippen LogP contribution >= 0.6 is 11.6 Å². The lowest BCUT2D eigenvalue weighted by molar-refractivity contribution is 0.175. The molecular formula is C12H16ClFN2O. The number of pyridine rings is 1. The number of halogens is 2. The lowest BCUT2D eigenvalue weighted by Gasteiger charge is -2.16. The maximum Gasteiger partial charge on any atom is 0.166 e. The summed E-state index contributed by atoms with van der Waals surface area (Å²) in [6, 6.07) is 1.27. The summed E-state index contributed by atoms with van der Waals surface area (Å²) in [5.41, 5.74) is 0.268. The van der Waals surface area contributed by atoms with E-state index < -0.39 is 5.82 Å². The third kappa shape index (κ3) is 3.30. The van der Waals surface area contributed by atoms with Crippen LogP contribution in [0.5, 0.6) is 0 Å². The van der Waals surface area contributed by atoms with Crippen molar-refractivity contribution in [2.75, 3.05) is 25.6 Å². The Hall–Kier alpha value is -0.870. The lowest BCUT2D eigenvalue weighted by Crippen LogP contribution is -2.18. The van der Waals surface area contributed by atoms with Crippen LogP contribution in [0.4, 0.5) is 10.2 Å². The fraction of sp³-hybridized carbons (Fsp3) is 0.583. The van der Waals surface area contributed by atoms with Crippen LogP contribution in [0.25, 0.3) is 0 Å². The van der Waals surface area contributed by atoms with E-state index in [1.165, 1.54) is 25.1 Å². The Balaban J connectivity index is 1.89. The van der Waals surface area contributed by atoms with Crippen LogP contribution in [-0.2, 0) is 4.74 Å². The molecule has 0 atom stereocenters. The molecule has 1 aliphatic carbocycles. The van der Waals surface area contributed by atoms with Gasteiger partial charge >= 0.3 is 0 Å². The zero-order chi connectivity index (χ0) is 12.3.